The quantitative estimate of drug-likeness (QED) is 0.590. The number of halogens is 1. The fraction of sp³-hybridized carbons (Fsp3) is 0.333. The first kappa shape index (κ1) is 22.7. The maximum Gasteiger partial charge on any atom is 0.244 e. The van der Waals surface area contributed by atoms with Crippen LogP contribution in [-0.4, -0.2) is 43.5 Å². The number of ether oxygens (including phenoxy) is 2. The van der Waals surface area contributed by atoms with E-state index in [1.807, 2.05) is 37.3 Å². The molecule has 1 heterocycles. The molecule has 6 nitrogen and oxygen atoms in total. The van der Waals surface area contributed by atoms with Crippen LogP contribution in [0.3, 0.4) is 0 Å². The molecule has 1 unspecified atom stereocenters. The lowest BCUT2D eigenvalue weighted by atomic mass is 10.1. The number of carbonyl (C=O) groups excluding carboxylic acids is 2. The standard InChI is InChI=1S/C24H27ClN2O4/c1-3-31-21-15-17(14-19(25)24(21)30-2)11-12-22(28)26-20(18-8-5-4-6-9-18)16-27-13-7-10-23(27)29/h4-6,8-9,11-12,14-15,20H,3,7,10,13,16H2,1-2H3,(H,26,28)/b12-11+. The minimum Gasteiger partial charge on any atom is -0.491 e. The number of nitrogens with zero attached hydrogens (tertiary/aromatic N) is 1. The number of likely N-dealkylation sites (tertiary alicyclic amines) is 1. The average Bonchev–Trinajstić information content (AvgIpc) is 3.17. The van der Waals surface area contributed by atoms with Crippen LogP contribution in [0.2, 0.25) is 5.02 Å². The molecule has 1 fully saturated rings. The monoisotopic (exact) mass is 442 g/mol. The van der Waals surface area contributed by atoms with Crippen molar-refractivity contribution in [3.05, 3.63) is 64.7 Å². The maximum absolute atomic E-state index is 12.7. The first-order valence-corrected chi connectivity index (χ1v) is 10.7. The van der Waals surface area contributed by atoms with Crippen LogP contribution in [0.1, 0.15) is 36.9 Å². The summed E-state index contributed by atoms with van der Waals surface area (Å²) in [4.78, 5) is 26.6. The Morgan fingerprint density at radius 2 is 2.06 bits per heavy atom. The van der Waals surface area contributed by atoms with Gasteiger partial charge in [0.1, 0.15) is 0 Å². The van der Waals surface area contributed by atoms with E-state index in [1.165, 1.54) is 13.2 Å². The van der Waals surface area contributed by atoms with Gasteiger partial charge in [0.2, 0.25) is 11.8 Å². The van der Waals surface area contributed by atoms with Gasteiger partial charge in [-0.3, -0.25) is 9.59 Å². The summed E-state index contributed by atoms with van der Waals surface area (Å²) >= 11 is 6.28. The van der Waals surface area contributed by atoms with Crippen molar-refractivity contribution >= 4 is 29.5 Å². The van der Waals surface area contributed by atoms with Gasteiger partial charge >= 0.3 is 0 Å². The van der Waals surface area contributed by atoms with Gasteiger partial charge in [-0.15, -0.1) is 0 Å². The van der Waals surface area contributed by atoms with Crippen LogP contribution in [0.4, 0.5) is 0 Å². The molecule has 0 aromatic heterocycles. The smallest absolute Gasteiger partial charge is 0.244 e. The molecule has 0 saturated carbocycles. The first-order chi connectivity index (χ1) is 15.0. The lowest BCUT2D eigenvalue weighted by molar-refractivity contribution is -0.128. The van der Waals surface area contributed by atoms with Crippen molar-refractivity contribution in [3.8, 4) is 11.5 Å². The Balaban J connectivity index is 1.74. The molecule has 0 radical (unpaired) electrons. The molecule has 2 aromatic carbocycles. The highest BCUT2D eigenvalue weighted by Gasteiger charge is 2.25. The number of methoxy groups -OCH3 is 1. The summed E-state index contributed by atoms with van der Waals surface area (Å²) in [6.45, 7) is 3.51. The van der Waals surface area contributed by atoms with E-state index in [4.69, 9.17) is 21.1 Å². The van der Waals surface area contributed by atoms with E-state index in [9.17, 15) is 9.59 Å². The van der Waals surface area contributed by atoms with E-state index in [2.05, 4.69) is 5.32 Å². The van der Waals surface area contributed by atoms with Crippen LogP contribution in [0.15, 0.2) is 48.5 Å². The molecule has 1 saturated heterocycles. The van der Waals surface area contributed by atoms with Crippen molar-refractivity contribution in [2.24, 2.45) is 0 Å². The van der Waals surface area contributed by atoms with Gasteiger partial charge in [0.05, 0.1) is 24.8 Å². The van der Waals surface area contributed by atoms with Crippen LogP contribution >= 0.6 is 11.6 Å². The molecule has 3 rings (SSSR count). The van der Waals surface area contributed by atoms with Gasteiger partial charge in [0.25, 0.3) is 0 Å². The lowest BCUT2D eigenvalue weighted by Crippen LogP contribution is -2.38. The number of nitrogens with one attached hydrogen (secondary N) is 1. The topological polar surface area (TPSA) is 67.9 Å². The maximum atomic E-state index is 12.7. The number of amides is 2. The molecule has 1 aliphatic rings. The van der Waals surface area contributed by atoms with Gasteiger partial charge in [0.15, 0.2) is 11.5 Å². The number of hydrogen-bond acceptors (Lipinski definition) is 4. The van der Waals surface area contributed by atoms with E-state index in [1.54, 1.807) is 23.1 Å². The van der Waals surface area contributed by atoms with E-state index in [0.29, 0.717) is 36.1 Å². The molecule has 1 N–H and O–H groups in total. The Hall–Kier alpha value is -2.99. The Bertz CT molecular complexity index is 946. The highest BCUT2D eigenvalue weighted by atomic mass is 35.5. The molecule has 1 atom stereocenters. The Labute approximate surface area is 187 Å². The van der Waals surface area contributed by atoms with Gasteiger partial charge in [-0.05, 0) is 42.7 Å². The van der Waals surface area contributed by atoms with E-state index >= 15 is 0 Å². The third kappa shape index (κ3) is 6.01. The van der Waals surface area contributed by atoms with Crippen LogP contribution in [0.5, 0.6) is 11.5 Å². The summed E-state index contributed by atoms with van der Waals surface area (Å²) in [5.41, 5.74) is 1.67. The largest absolute Gasteiger partial charge is 0.491 e. The van der Waals surface area contributed by atoms with Gasteiger partial charge in [0, 0.05) is 25.6 Å². The van der Waals surface area contributed by atoms with Crippen LogP contribution in [0.25, 0.3) is 6.08 Å². The van der Waals surface area contributed by atoms with Crippen molar-refractivity contribution < 1.29 is 19.1 Å². The molecule has 31 heavy (non-hydrogen) atoms. The molecule has 164 valence electrons. The number of benzene rings is 2. The molecular formula is C24H27ClN2O4. The van der Waals surface area contributed by atoms with Crippen molar-refractivity contribution in [2.75, 3.05) is 26.8 Å². The molecule has 2 aromatic rings. The third-order valence-corrected chi connectivity index (χ3v) is 5.34. The Morgan fingerprint density at radius 3 is 2.71 bits per heavy atom. The third-order valence-electron chi connectivity index (χ3n) is 5.06. The zero-order chi connectivity index (χ0) is 22.2. The summed E-state index contributed by atoms with van der Waals surface area (Å²) in [6.07, 6.45) is 4.55. The number of carbonyl (C=O) groups is 2. The fourth-order valence-electron chi connectivity index (χ4n) is 3.57. The average molecular weight is 443 g/mol. The summed E-state index contributed by atoms with van der Waals surface area (Å²) in [7, 11) is 1.53. The molecule has 1 aliphatic heterocycles. The summed E-state index contributed by atoms with van der Waals surface area (Å²) < 4.78 is 10.9. The molecule has 7 heteroatoms. The SMILES string of the molecule is CCOc1cc(/C=C/C(=O)NC(CN2CCCC2=O)c2ccccc2)cc(Cl)c1OC. The van der Waals surface area contributed by atoms with Gasteiger partial charge < -0.3 is 19.7 Å². The van der Waals surface area contributed by atoms with E-state index in [0.717, 1.165) is 24.1 Å². The number of rotatable bonds is 9. The van der Waals surface area contributed by atoms with Crippen molar-refractivity contribution in [3.63, 3.8) is 0 Å². The van der Waals surface area contributed by atoms with Gasteiger partial charge in [-0.1, -0.05) is 41.9 Å². The van der Waals surface area contributed by atoms with Crippen LogP contribution in [0, 0.1) is 0 Å². The van der Waals surface area contributed by atoms with Gasteiger partial charge in [-0.25, -0.2) is 0 Å². The molecule has 0 spiro atoms. The van der Waals surface area contributed by atoms with Crippen LogP contribution in [-0.2, 0) is 9.59 Å². The predicted molar refractivity (Wildman–Crippen MR) is 121 cm³/mol. The summed E-state index contributed by atoms with van der Waals surface area (Å²) in [5.74, 6) is 0.851. The van der Waals surface area contributed by atoms with Crippen molar-refractivity contribution in [2.45, 2.75) is 25.8 Å². The first-order valence-electron chi connectivity index (χ1n) is 10.3. The molecule has 0 bridgehead atoms. The zero-order valence-corrected chi connectivity index (χ0v) is 18.5. The van der Waals surface area contributed by atoms with E-state index < -0.39 is 0 Å². The minimum absolute atomic E-state index is 0.127. The second kappa shape index (κ2) is 10.9. The summed E-state index contributed by atoms with van der Waals surface area (Å²) in [6, 6.07) is 12.9. The summed E-state index contributed by atoms with van der Waals surface area (Å²) in [5, 5.41) is 3.43. The van der Waals surface area contributed by atoms with Crippen molar-refractivity contribution in [1.82, 2.24) is 10.2 Å². The second-order valence-electron chi connectivity index (χ2n) is 7.22. The van der Waals surface area contributed by atoms with Crippen molar-refractivity contribution in [1.29, 1.82) is 0 Å². The van der Waals surface area contributed by atoms with Crippen LogP contribution < -0.4 is 14.8 Å². The highest BCUT2D eigenvalue weighted by Crippen LogP contribution is 2.36. The lowest BCUT2D eigenvalue weighted by Gasteiger charge is -2.24. The molecule has 0 aliphatic carbocycles. The number of hydrogen-bond donors (Lipinski definition) is 1. The molecule has 2 amide bonds. The Kier molecular flexibility index (Phi) is 7.95. The Morgan fingerprint density at radius 1 is 1.29 bits per heavy atom. The van der Waals surface area contributed by atoms with Gasteiger partial charge in [-0.2, -0.15) is 0 Å². The highest BCUT2D eigenvalue weighted by molar-refractivity contribution is 6.32. The molecular weight excluding hydrogens is 416 g/mol. The minimum atomic E-state index is -0.293. The zero-order valence-electron chi connectivity index (χ0n) is 17.8. The normalized spacial score (nSPS) is 14.7. The predicted octanol–water partition coefficient (Wildman–Crippen LogP) is 4.24. The second-order valence-corrected chi connectivity index (χ2v) is 7.62. The van der Waals surface area contributed by atoms with E-state index in [-0.39, 0.29) is 17.9 Å². The fourth-order valence-corrected chi connectivity index (χ4v) is 3.87.